The Morgan fingerprint density at radius 1 is 1.23 bits per heavy atom. The van der Waals surface area contributed by atoms with Crippen LogP contribution in [-0.4, -0.2) is 60.0 Å². The van der Waals surface area contributed by atoms with Crippen LogP contribution in [0.25, 0.3) is 0 Å². The highest BCUT2D eigenvalue weighted by atomic mass is 16.5. The predicted octanol–water partition coefficient (Wildman–Crippen LogP) is 2.49. The number of hydrogen-bond donors (Lipinski definition) is 0. The van der Waals surface area contributed by atoms with E-state index in [-0.39, 0.29) is 30.6 Å². The first-order valence-corrected chi connectivity index (χ1v) is 9.77. The maximum atomic E-state index is 12.5. The highest BCUT2D eigenvalue weighted by Gasteiger charge is 2.40. The molecule has 0 spiro atoms. The molecule has 2 fully saturated rings. The largest absolute Gasteiger partial charge is 0.369 e. The van der Waals surface area contributed by atoms with Crippen LogP contribution in [0.3, 0.4) is 0 Å². The van der Waals surface area contributed by atoms with Gasteiger partial charge in [-0.15, -0.1) is 0 Å². The maximum Gasteiger partial charge on any atom is 0.248 e. The van der Waals surface area contributed by atoms with Crippen LogP contribution in [0.2, 0.25) is 0 Å². The van der Waals surface area contributed by atoms with Gasteiger partial charge in [0.1, 0.15) is 6.61 Å². The molecule has 0 unspecified atom stereocenters. The van der Waals surface area contributed by atoms with Crippen molar-refractivity contribution >= 4 is 11.8 Å². The molecule has 2 saturated heterocycles. The molecule has 5 nitrogen and oxygen atoms in total. The van der Waals surface area contributed by atoms with E-state index < -0.39 is 0 Å². The van der Waals surface area contributed by atoms with Crippen LogP contribution in [0.5, 0.6) is 0 Å². The SMILES string of the molecule is CC(C)OCC(=O)N1CC[C@@H]2[C@@H](CCC(=O)N2CCc2ccccc2)C1. The van der Waals surface area contributed by atoms with E-state index in [1.165, 1.54) is 5.56 Å². The molecular formula is C21H30N2O3. The van der Waals surface area contributed by atoms with Crippen LogP contribution in [0.15, 0.2) is 30.3 Å². The van der Waals surface area contributed by atoms with Gasteiger partial charge >= 0.3 is 0 Å². The van der Waals surface area contributed by atoms with Crippen molar-refractivity contribution in [3.63, 3.8) is 0 Å². The second-order valence-electron chi connectivity index (χ2n) is 7.68. The van der Waals surface area contributed by atoms with Crippen LogP contribution in [0.1, 0.15) is 38.7 Å². The van der Waals surface area contributed by atoms with Gasteiger partial charge in [0, 0.05) is 32.1 Å². The molecule has 2 aliphatic rings. The second kappa shape index (κ2) is 8.67. The monoisotopic (exact) mass is 358 g/mol. The zero-order chi connectivity index (χ0) is 18.5. The molecule has 0 saturated carbocycles. The number of likely N-dealkylation sites (tertiary alicyclic amines) is 2. The summed E-state index contributed by atoms with van der Waals surface area (Å²) in [6, 6.07) is 10.6. The van der Waals surface area contributed by atoms with Crippen LogP contribution >= 0.6 is 0 Å². The Bertz CT molecular complexity index is 617. The second-order valence-corrected chi connectivity index (χ2v) is 7.68. The van der Waals surface area contributed by atoms with Crippen LogP contribution < -0.4 is 0 Å². The van der Waals surface area contributed by atoms with Gasteiger partial charge < -0.3 is 14.5 Å². The van der Waals surface area contributed by atoms with E-state index in [1.54, 1.807) is 0 Å². The van der Waals surface area contributed by atoms with Crippen molar-refractivity contribution in [1.29, 1.82) is 0 Å². The maximum absolute atomic E-state index is 12.5. The van der Waals surface area contributed by atoms with Crippen molar-refractivity contribution < 1.29 is 14.3 Å². The van der Waals surface area contributed by atoms with Crippen molar-refractivity contribution in [3.05, 3.63) is 35.9 Å². The average molecular weight is 358 g/mol. The third kappa shape index (κ3) is 4.64. The Morgan fingerprint density at radius 3 is 2.73 bits per heavy atom. The Morgan fingerprint density at radius 2 is 2.00 bits per heavy atom. The van der Waals surface area contributed by atoms with Crippen LogP contribution in [0.4, 0.5) is 0 Å². The quantitative estimate of drug-likeness (QED) is 0.785. The molecule has 0 aliphatic carbocycles. The summed E-state index contributed by atoms with van der Waals surface area (Å²) < 4.78 is 5.46. The standard InChI is InChI=1S/C21H30N2O3/c1-16(2)26-15-21(25)22-12-11-19-18(14-22)8-9-20(24)23(19)13-10-17-6-4-3-5-7-17/h3-7,16,18-19H,8-15H2,1-2H3/t18-,19+/m0/s1. The average Bonchev–Trinajstić information content (AvgIpc) is 2.65. The Labute approximate surface area is 156 Å². The van der Waals surface area contributed by atoms with E-state index in [4.69, 9.17) is 4.74 Å². The zero-order valence-corrected chi connectivity index (χ0v) is 15.9. The minimum Gasteiger partial charge on any atom is -0.369 e. The molecule has 26 heavy (non-hydrogen) atoms. The molecule has 0 aromatic heterocycles. The number of nitrogens with zero attached hydrogens (tertiary/aromatic N) is 2. The summed E-state index contributed by atoms with van der Waals surface area (Å²) in [7, 11) is 0. The Balaban J connectivity index is 1.57. The summed E-state index contributed by atoms with van der Waals surface area (Å²) in [5, 5.41) is 0. The van der Waals surface area contributed by atoms with Crippen LogP contribution in [-0.2, 0) is 20.7 Å². The predicted molar refractivity (Wildman–Crippen MR) is 101 cm³/mol. The van der Waals surface area contributed by atoms with E-state index >= 15 is 0 Å². The van der Waals surface area contributed by atoms with Crippen molar-refractivity contribution in [3.8, 4) is 0 Å². The molecule has 0 bridgehead atoms. The van der Waals surface area contributed by atoms with Crippen molar-refractivity contribution in [2.75, 3.05) is 26.2 Å². The van der Waals surface area contributed by atoms with E-state index in [9.17, 15) is 9.59 Å². The Kier molecular flexibility index (Phi) is 6.30. The zero-order valence-electron chi connectivity index (χ0n) is 15.9. The number of benzene rings is 1. The summed E-state index contributed by atoms with van der Waals surface area (Å²) in [5.74, 6) is 0.732. The summed E-state index contributed by atoms with van der Waals surface area (Å²) >= 11 is 0. The molecular weight excluding hydrogens is 328 g/mol. The number of fused-ring (bicyclic) bond motifs is 1. The fourth-order valence-corrected chi connectivity index (χ4v) is 4.09. The lowest BCUT2D eigenvalue weighted by molar-refractivity contribution is -0.146. The van der Waals surface area contributed by atoms with Gasteiger partial charge in [-0.1, -0.05) is 30.3 Å². The first kappa shape index (κ1) is 18.9. The van der Waals surface area contributed by atoms with Gasteiger partial charge in [0.2, 0.25) is 11.8 Å². The lowest BCUT2D eigenvalue weighted by Crippen LogP contribution is -2.57. The highest BCUT2D eigenvalue weighted by Crippen LogP contribution is 2.31. The molecule has 3 rings (SSSR count). The number of carbonyl (C=O) groups excluding carboxylic acids is 2. The van der Waals surface area contributed by atoms with E-state index in [0.717, 1.165) is 38.9 Å². The third-order valence-corrected chi connectivity index (χ3v) is 5.52. The molecule has 5 heteroatoms. The fourth-order valence-electron chi connectivity index (χ4n) is 4.09. The summed E-state index contributed by atoms with van der Waals surface area (Å²) in [6.45, 7) is 6.28. The van der Waals surface area contributed by atoms with Gasteiger partial charge in [0.25, 0.3) is 0 Å². The van der Waals surface area contributed by atoms with Gasteiger partial charge in [-0.3, -0.25) is 9.59 Å². The van der Waals surface area contributed by atoms with E-state index in [0.29, 0.717) is 12.3 Å². The lowest BCUT2D eigenvalue weighted by atomic mass is 9.83. The van der Waals surface area contributed by atoms with Crippen molar-refractivity contribution in [1.82, 2.24) is 9.80 Å². The molecule has 2 heterocycles. The molecule has 1 aromatic carbocycles. The number of ether oxygens (including phenoxy) is 1. The van der Waals surface area contributed by atoms with E-state index in [2.05, 4.69) is 17.0 Å². The summed E-state index contributed by atoms with van der Waals surface area (Å²) in [6.07, 6.45) is 3.32. The minimum absolute atomic E-state index is 0.0669. The minimum atomic E-state index is 0.0669. The normalized spacial score (nSPS) is 23.3. The van der Waals surface area contributed by atoms with Gasteiger partial charge in [-0.25, -0.2) is 0 Å². The Hall–Kier alpha value is -1.88. The molecule has 2 amide bonds. The third-order valence-electron chi connectivity index (χ3n) is 5.52. The van der Waals surface area contributed by atoms with Crippen molar-refractivity contribution in [2.45, 2.75) is 51.7 Å². The number of rotatable bonds is 6. The van der Waals surface area contributed by atoms with Crippen LogP contribution in [0, 0.1) is 5.92 Å². The van der Waals surface area contributed by atoms with Gasteiger partial charge in [-0.05, 0) is 44.6 Å². The molecule has 0 N–H and O–H groups in total. The number of amides is 2. The van der Waals surface area contributed by atoms with Gasteiger partial charge in [-0.2, -0.15) is 0 Å². The lowest BCUT2D eigenvalue weighted by Gasteiger charge is -2.47. The molecule has 2 aliphatic heterocycles. The molecule has 0 radical (unpaired) electrons. The summed E-state index contributed by atoms with van der Waals surface area (Å²) in [4.78, 5) is 28.8. The van der Waals surface area contributed by atoms with Gasteiger partial charge in [0.15, 0.2) is 0 Å². The fraction of sp³-hybridized carbons (Fsp3) is 0.619. The first-order chi connectivity index (χ1) is 12.5. The van der Waals surface area contributed by atoms with Gasteiger partial charge in [0.05, 0.1) is 6.10 Å². The molecule has 2 atom stereocenters. The van der Waals surface area contributed by atoms with E-state index in [1.807, 2.05) is 36.9 Å². The highest BCUT2D eigenvalue weighted by molar-refractivity contribution is 5.79. The number of piperidine rings is 2. The number of hydrogen-bond acceptors (Lipinski definition) is 3. The smallest absolute Gasteiger partial charge is 0.248 e. The van der Waals surface area contributed by atoms with Crippen molar-refractivity contribution in [2.24, 2.45) is 5.92 Å². The summed E-state index contributed by atoms with van der Waals surface area (Å²) in [5.41, 5.74) is 1.26. The topological polar surface area (TPSA) is 49.9 Å². The number of carbonyl (C=O) groups is 2. The first-order valence-electron chi connectivity index (χ1n) is 9.77. The molecule has 1 aromatic rings. The molecule has 142 valence electrons.